The highest BCUT2D eigenvalue weighted by atomic mass is 16.5. The highest BCUT2D eigenvalue weighted by Crippen LogP contribution is 2.29. The second kappa shape index (κ2) is 6.06. The van der Waals surface area contributed by atoms with Crippen molar-refractivity contribution in [3.8, 4) is 5.75 Å². The molecule has 2 nitrogen and oxygen atoms in total. The Morgan fingerprint density at radius 1 is 1.12 bits per heavy atom. The molecule has 0 amide bonds. The second-order valence-corrected chi connectivity index (χ2v) is 5.33. The highest BCUT2D eigenvalue weighted by Gasteiger charge is 2.11. The lowest BCUT2D eigenvalue weighted by atomic mass is 9.98. The first kappa shape index (κ1) is 14.0. The van der Waals surface area contributed by atoms with Crippen molar-refractivity contribution < 1.29 is 9.84 Å². The number of aliphatic hydroxyl groups excluding tert-OH is 1. The lowest BCUT2D eigenvalue weighted by Gasteiger charge is -2.17. The summed E-state index contributed by atoms with van der Waals surface area (Å²) in [5.74, 6) is 1.86. The van der Waals surface area contributed by atoms with Gasteiger partial charge in [0.2, 0.25) is 0 Å². The van der Waals surface area contributed by atoms with Gasteiger partial charge < -0.3 is 9.84 Å². The third-order valence-electron chi connectivity index (χ3n) is 2.71. The van der Waals surface area contributed by atoms with Gasteiger partial charge in [-0.2, -0.15) is 0 Å². The molecule has 0 spiro atoms. The van der Waals surface area contributed by atoms with Gasteiger partial charge in [0.25, 0.3) is 0 Å². The van der Waals surface area contributed by atoms with E-state index < -0.39 is 6.10 Å². The third-order valence-corrected chi connectivity index (χ3v) is 2.71. The molecule has 0 radical (unpaired) electrons. The van der Waals surface area contributed by atoms with E-state index in [9.17, 15) is 5.11 Å². The van der Waals surface area contributed by atoms with Crippen molar-refractivity contribution in [2.45, 2.75) is 46.6 Å². The van der Waals surface area contributed by atoms with E-state index in [1.807, 2.05) is 18.2 Å². The quantitative estimate of drug-likeness (QED) is 0.840. The molecule has 1 rings (SSSR count). The van der Waals surface area contributed by atoms with Gasteiger partial charge in [0.05, 0.1) is 12.7 Å². The molecule has 96 valence electrons. The standard InChI is InChI=1S/C15H24O2/c1-10(2)9-17-15-7-6-13(12(5)16)8-14(15)11(3)4/h6-8,10-12,16H,9H2,1-5H3. The Balaban J connectivity index is 2.96. The zero-order valence-corrected chi connectivity index (χ0v) is 11.5. The number of rotatable bonds is 5. The van der Waals surface area contributed by atoms with Gasteiger partial charge in [-0.05, 0) is 42.0 Å². The predicted octanol–water partition coefficient (Wildman–Crippen LogP) is 3.90. The summed E-state index contributed by atoms with van der Waals surface area (Å²) in [5, 5.41) is 9.60. The molecule has 2 heteroatoms. The molecule has 0 aromatic heterocycles. The third kappa shape index (κ3) is 4.04. The molecule has 0 bridgehead atoms. The summed E-state index contributed by atoms with van der Waals surface area (Å²) in [4.78, 5) is 0. The van der Waals surface area contributed by atoms with E-state index in [0.29, 0.717) is 11.8 Å². The van der Waals surface area contributed by atoms with E-state index >= 15 is 0 Å². The van der Waals surface area contributed by atoms with Gasteiger partial charge in [-0.1, -0.05) is 33.8 Å². The van der Waals surface area contributed by atoms with Crippen LogP contribution in [-0.2, 0) is 0 Å². The predicted molar refractivity (Wildman–Crippen MR) is 71.5 cm³/mol. The van der Waals surface area contributed by atoms with Crippen molar-refractivity contribution in [3.63, 3.8) is 0 Å². The molecule has 17 heavy (non-hydrogen) atoms. The van der Waals surface area contributed by atoms with E-state index in [2.05, 4.69) is 27.7 Å². The molecular weight excluding hydrogens is 212 g/mol. The summed E-state index contributed by atoms with van der Waals surface area (Å²) < 4.78 is 5.81. The van der Waals surface area contributed by atoms with Crippen molar-refractivity contribution in [2.24, 2.45) is 5.92 Å². The van der Waals surface area contributed by atoms with Gasteiger partial charge in [0.1, 0.15) is 5.75 Å². The fourth-order valence-corrected chi connectivity index (χ4v) is 1.67. The number of hydrogen-bond acceptors (Lipinski definition) is 2. The average Bonchev–Trinajstić information content (AvgIpc) is 2.25. The van der Waals surface area contributed by atoms with Crippen molar-refractivity contribution in [3.05, 3.63) is 29.3 Å². The lowest BCUT2D eigenvalue weighted by molar-refractivity contribution is 0.199. The van der Waals surface area contributed by atoms with Crippen LogP contribution in [0.4, 0.5) is 0 Å². The second-order valence-electron chi connectivity index (χ2n) is 5.33. The SMILES string of the molecule is CC(C)COc1ccc(C(C)O)cc1C(C)C. The average molecular weight is 236 g/mol. The summed E-state index contributed by atoms with van der Waals surface area (Å²) in [5.41, 5.74) is 2.12. The molecule has 0 aliphatic heterocycles. The van der Waals surface area contributed by atoms with Crippen LogP contribution in [0, 0.1) is 5.92 Å². The van der Waals surface area contributed by atoms with Crippen LogP contribution >= 0.6 is 0 Å². The summed E-state index contributed by atoms with van der Waals surface area (Å²) in [6, 6.07) is 5.96. The summed E-state index contributed by atoms with van der Waals surface area (Å²) in [7, 11) is 0. The summed E-state index contributed by atoms with van der Waals surface area (Å²) >= 11 is 0. The number of aliphatic hydroxyl groups is 1. The summed E-state index contributed by atoms with van der Waals surface area (Å²) in [6.45, 7) is 11.1. The molecule has 0 heterocycles. The van der Waals surface area contributed by atoms with E-state index in [-0.39, 0.29) is 0 Å². The summed E-state index contributed by atoms with van der Waals surface area (Å²) in [6.07, 6.45) is -0.424. The van der Waals surface area contributed by atoms with E-state index in [0.717, 1.165) is 17.9 Å². The molecule has 0 fully saturated rings. The topological polar surface area (TPSA) is 29.5 Å². The molecule has 0 aliphatic carbocycles. The number of ether oxygens (including phenoxy) is 1. The minimum absolute atomic E-state index is 0.399. The first-order chi connectivity index (χ1) is 7.91. The van der Waals surface area contributed by atoms with Crippen molar-refractivity contribution >= 4 is 0 Å². The smallest absolute Gasteiger partial charge is 0.122 e. The minimum Gasteiger partial charge on any atom is -0.493 e. The van der Waals surface area contributed by atoms with Crippen LogP contribution in [-0.4, -0.2) is 11.7 Å². The lowest BCUT2D eigenvalue weighted by Crippen LogP contribution is -2.07. The molecule has 1 atom stereocenters. The molecule has 1 N–H and O–H groups in total. The maximum Gasteiger partial charge on any atom is 0.122 e. The van der Waals surface area contributed by atoms with Crippen LogP contribution in [0.3, 0.4) is 0 Å². The number of benzene rings is 1. The minimum atomic E-state index is -0.424. The van der Waals surface area contributed by atoms with E-state index in [4.69, 9.17) is 4.74 Å². The molecule has 0 aliphatic rings. The first-order valence-corrected chi connectivity index (χ1v) is 6.36. The van der Waals surface area contributed by atoms with Gasteiger partial charge in [-0.25, -0.2) is 0 Å². The van der Waals surface area contributed by atoms with Gasteiger partial charge in [0, 0.05) is 0 Å². The van der Waals surface area contributed by atoms with Gasteiger partial charge in [0.15, 0.2) is 0 Å². The van der Waals surface area contributed by atoms with Crippen LogP contribution in [0.25, 0.3) is 0 Å². The van der Waals surface area contributed by atoms with E-state index in [1.54, 1.807) is 6.92 Å². The molecular formula is C15H24O2. The van der Waals surface area contributed by atoms with Crippen LogP contribution in [0.15, 0.2) is 18.2 Å². The zero-order chi connectivity index (χ0) is 13.0. The Hall–Kier alpha value is -1.02. The van der Waals surface area contributed by atoms with E-state index in [1.165, 1.54) is 5.56 Å². The molecule has 0 saturated carbocycles. The maximum absolute atomic E-state index is 9.60. The Morgan fingerprint density at radius 3 is 2.24 bits per heavy atom. The highest BCUT2D eigenvalue weighted by molar-refractivity contribution is 5.40. The Labute approximate surface area is 105 Å². The fourth-order valence-electron chi connectivity index (χ4n) is 1.67. The zero-order valence-electron chi connectivity index (χ0n) is 11.5. The van der Waals surface area contributed by atoms with Crippen LogP contribution in [0.5, 0.6) is 5.75 Å². The monoisotopic (exact) mass is 236 g/mol. The van der Waals surface area contributed by atoms with Crippen LogP contribution in [0.1, 0.15) is 57.8 Å². The Morgan fingerprint density at radius 2 is 1.76 bits per heavy atom. The first-order valence-electron chi connectivity index (χ1n) is 6.36. The van der Waals surface area contributed by atoms with Crippen LogP contribution < -0.4 is 4.74 Å². The van der Waals surface area contributed by atoms with Crippen molar-refractivity contribution in [2.75, 3.05) is 6.61 Å². The van der Waals surface area contributed by atoms with Gasteiger partial charge in [-0.3, -0.25) is 0 Å². The van der Waals surface area contributed by atoms with Gasteiger partial charge >= 0.3 is 0 Å². The van der Waals surface area contributed by atoms with Crippen molar-refractivity contribution in [1.82, 2.24) is 0 Å². The largest absolute Gasteiger partial charge is 0.493 e. The molecule has 0 saturated heterocycles. The van der Waals surface area contributed by atoms with Crippen LogP contribution in [0.2, 0.25) is 0 Å². The molecule has 1 aromatic carbocycles. The Kier molecular flexibility index (Phi) is 5.01. The maximum atomic E-state index is 9.60. The molecule has 1 aromatic rings. The fraction of sp³-hybridized carbons (Fsp3) is 0.600. The van der Waals surface area contributed by atoms with Crippen molar-refractivity contribution in [1.29, 1.82) is 0 Å². The van der Waals surface area contributed by atoms with Gasteiger partial charge in [-0.15, -0.1) is 0 Å². The normalized spacial score (nSPS) is 13.2. The Bertz CT molecular complexity index is 354. The number of hydrogen-bond donors (Lipinski definition) is 1. The molecule has 1 unspecified atom stereocenters.